The van der Waals surface area contributed by atoms with Gasteiger partial charge in [-0.15, -0.1) is 11.8 Å². The third kappa shape index (κ3) is 3.44. The fourth-order valence-corrected chi connectivity index (χ4v) is 3.63. The van der Waals surface area contributed by atoms with Crippen LogP contribution in [0.15, 0.2) is 52.3 Å². The van der Waals surface area contributed by atoms with Gasteiger partial charge in [-0.3, -0.25) is 9.59 Å². The largest absolute Gasteiger partial charge is 0.324 e. The maximum Gasteiger partial charge on any atom is 0.255 e. The number of nitrogens with one attached hydrogen (secondary N) is 2. The quantitative estimate of drug-likeness (QED) is 0.729. The first-order valence-corrected chi connectivity index (χ1v) is 9.17. The highest BCUT2D eigenvalue weighted by molar-refractivity contribution is 8.00. The number of anilines is 2. The van der Waals surface area contributed by atoms with Crippen molar-refractivity contribution in [2.45, 2.75) is 22.0 Å². The molecule has 124 valence electrons. The van der Waals surface area contributed by atoms with E-state index in [-0.39, 0.29) is 22.0 Å². The zero-order valence-corrected chi connectivity index (χ0v) is 14.3. The minimum Gasteiger partial charge on any atom is -0.324 e. The van der Waals surface area contributed by atoms with E-state index in [9.17, 15) is 18.0 Å². The van der Waals surface area contributed by atoms with Crippen molar-refractivity contribution in [3.05, 3.63) is 48.0 Å². The van der Waals surface area contributed by atoms with Gasteiger partial charge in [-0.05, 0) is 43.3 Å². The Labute approximate surface area is 144 Å². The van der Waals surface area contributed by atoms with Crippen molar-refractivity contribution >= 4 is 45.7 Å². The van der Waals surface area contributed by atoms with Crippen molar-refractivity contribution in [3.8, 4) is 0 Å². The van der Waals surface area contributed by atoms with E-state index >= 15 is 0 Å². The summed E-state index contributed by atoms with van der Waals surface area (Å²) in [5, 5.41) is 5.26. The molecule has 1 unspecified atom stereocenters. The number of fused-ring (bicyclic) bond motifs is 1. The number of carbonyl (C=O) groups excluding carboxylic acids is 2. The molecule has 1 heterocycles. The summed E-state index contributed by atoms with van der Waals surface area (Å²) < 4.78 is 22.0. The lowest BCUT2D eigenvalue weighted by Gasteiger charge is -2.21. The van der Waals surface area contributed by atoms with Gasteiger partial charge in [0.2, 0.25) is 5.91 Å². The summed E-state index contributed by atoms with van der Waals surface area (Å²) in [5.74, 6) is -0.481. The molecule has 24 heavy (non-hydrogen) atoms. The van der Waals surface area contributed by atoms with E-state index in [0.29, 0.717) is 16.9 Å². The molecule has 2 amide bonds. The molecule has 1 aliphatic heterocycles. The van der Waals surface area contributed by atoms with Crippen LogP contribution in [0.1, 0.15) is 17.3 Å². The van der Waals surface area contributed by atoms with Gasteiger partial charge in [-0.1, -0.05) is 6.07 Å². The molecule has 2 aromatic carbocycles. The van der Waals surface area contributed by atoms with E-state index in [4.69, 9.17) is 0 Å². The van der Waals surface area contributed by atoms with Gasteiger partial charge in [0.05, 0.1) is 15.8 Å². The van der Waals surface area contributed by atoms with Crippen molar-refractivity contribution in [3.63, 3.8) is 0 Å². The van der Waals surface area contributed by atoms with Gasteiger partial charge < -0.3 is 10.6 Å². The molecule has 0 saturated carbocycles. The lowest BCUT2D eigenvalue weighted by Crippen LogP contribution is -2.26. The zero-order valence-electron chi connectivity index (χ0n) is 12.6. The lowest BCUT2D eigenvalue weighted by molar-refractivity contribution is -0.115. The maximum atomic E-state index is 12.3. The Morgan fingerprint density at radius 1 is 1.21 bits per heavy atom. The van der Waals surface area contributed by atoms with Crippen LogP contribution in [-0.2, 0) is 15.5 Å². The van der Waals surface area contributed by atoms with Crippen molar-refractivity contribution < 1.29 is 18.0 Å². The van der Waals surface area contributed by atoms with Gasteiger partial charge in [-0.25, -0.2) is 8.42 Å². The summed E-state index contributed by atoms with van der Waals surface area (Å²) in [4.78, 5) is 25.1. The SMILES string of the molecule is CC1Sc2ccc(C(=O)Nc3cccc([SH](=O)=O)c3)cc2NC1=O. The standard InChI is InChI=1S/C16H14N2O4S2/c1-9-15(19)18-13-7-10(5-6-14(13)23-9)16(20)17-11-3-2-4-12(8-11)24(21)22/h2-9,24H,1H3,(H,17,20)(H,18,19). The predicted octanol–water partition coefficient (Wildman–Crippen LogP) is 2.34. The summed E-state index contributed by atoms with van der Waals surface area (Å²) >= 11 is 1.44. The lowest BCUT2D eigenvalue weighted by atomic mass is 10.1. The normalized spacial score (nSPS) is 16.4. The van der Waals surface area contributed by atoms with E-state index < -0.39 is 10.7 Å². The summed E-state index contributed by atoms with van der Waals surface area (Å²) in [6.07, 6.45) is 0. The molecule has 0 fully saturated rings. The average Bonchev–Trinajstić information content (AvgIpc) is 2.55. The van der Waals surface area contributed by atoms with Crippen LogP contribution in [0.2, 0.25) is 0 Å². The van der Waals surface area contributed by atoms with Crippen molar-refractivity contribution in [1.29, 1.82) is 0 Å². The van der Waals surface area contributed by atoms with E-state index in [1.54, 1.807) is 30.3 Å². The van der Waals surface area contributed by atoms with Crippen LogP contribution < -0.4 is 10.6 Å². The molecule has 0 saturated heterocycles. The summed E-state index contributed by atoms with van der Waals surface area (Å²) in [7, 11) is -2.71. The average molecular weight is 362 g/mol. The topological polar surface area (TPSA) is 92.3 Å². The van der Waals surface area contributed by atoms with E-state index in [1.165, 1.54) is 23.9 Å². The second-order valence-electron chi connectivity index (χ2n) is 5.22. The number of rotatable bonds is 3. The molecule has 2 aromatic rings. The van der Waals surface area contributed by atoms with Crippen LogP contribution in [0.4, 0.5) is 11.4 Å². The molecule has 0 spiro atoms. The predicted molar refractivity (Wildman–Crippen MR) is 93.4 cm³/mol. The maximum absolute atomic E-state index is 12.3. The zero-order chi connectivity index (χ0) is 17.3. The van der Waals surface area contributed by atoms with Crippen LogP contribution in [0.25, 0.3) is 0 Å². The van der Waals surface area contributed by atoms with Crippen LogP contribution in [-0.4, -0.2) is 25.5 Å². The van der Waals surface area contributed by atoms with Gasteiger partial charge in [-0.2, -0.15) is 0 Å². The summed E-state index contributed by atoms with van der Waals surface area (Å²) in [5.41, 5.74) is 1.37. The van der Waals surface area contributed by atoms with E-state index in [0.717, 1.165) is 4.90 Å². The third-order valence-electron chi connectivity index (χ3n) is 3.49. The van der Waals surface area contributed by atoms with Gasteiger partial charge in [0.15, 0.2) is 10.7 Å². The molecule has 0 bridgehead atoms. The minimum atomic E-state index is -2.71. The van der Waals surface area contributed by atoms with E-state index in [2.05, 4.69) is 10.6 Å². The fraction of sp³-hybridized carbons (Fsp3) is 0.125. The Morgan fingerprint density at radius 2 is 2.00 bits per heavy atom. The number of carbonyl (C=O) groups is 2. The van der Waals surface area contributed by atoms with Gasteiger partial charge in [0.1, 0.15) is 0 Å². The first-order valence-electron chi connectivity index (χ1n) is 7.11. The molecule has 8 heteroatoms. The first kappa shape index (κ1) is 16.5. The molecule has 3 rings (SSSR count). The Kier molecular flexibility index (Phi) is 4.59. The van der Waals surface area contributed by atoms with Crippen molar-refractivity contribution in [1.82, 2.24) is 0 Å². The van der Waals surface area contributed by atoms with Gasteiger partial charge in [0, 0.05) is 16.1 Å². The number of benzene rings is 2. The third-order valence-corrected chi connectivity index (χ3v) is 5.36. The number of hydrogen-bond acceptors (Lipinski definition) is 5. The molecular formula is C16H14N2O4S2. The minimum absolute atomic E-state index is 0.1000. The smallest absolute Gasteiger partial charge is 0.255 e. The Morgan fingerprint density at radius 3 is 2.75 bits per heavy atom. The van der Waals surface area contributed by atoms with Crippen molar-refractivity contribution in [2.75, 3.05) is 10.6 Å². The number of hydrogen-bond donors (Lipinski definition) is 3. The molecular weight excluding hydrogens is 348 g/mol. The monoisotopic (exact) mass is 362 g/mol. The highest BCUT2D eigenvalue weighted by Crippen LogP contribution is 2.36. The number of amides is 2. The van der Waals surface area contributed by atoms with Crippen LogP contribution in [0, 0.1) is 0 Å². The molecule has 2 N–H and O–H groups in total. The Bertz CT molecular complexity index is 901. The van der Waals surface area contributed by atoms with Crippen molar-refractivity contribution in [2.24, 2.45) is 0 Å². The summed E-state index contributed by atoms with van der Waals surface area (Å²) in [6, 6.07) is 11.1. The Balaban J connectivity index is 1.82. The number of thioether (sulfide) groups is 1. The van der Waals surface area contributed by atoms with Crippen LogP contribution >= 0.6 is 11.8 Å². The van der Waals surface area contributed by atoms with Gasteiger partial charge in [0.25, 0.3) is 5.91 Å². The molecule has 0 aromatic heterocycles. The second kappa shape index (κ2) is 6.66. The second-order valence-corrected chi connectivity index (χ2v) is 7.64. The molecule has 0 aliphatic carbocycles. The van der Waals surface area contributed by atoms with Gasteiger partial charge >= 0.3 is 0 Å². The Hall–Kier alpha value is -2.32. The van der Waals surface area contributed by atoms with Crippen LogP contribution in [0.5, 0.6) is 0 Å². The highest BCUT2D eigenvalue weighted by Gasteiger charge is 2.23. The highest BCUT2D eigenvalue weighted by atomic mass is 32.2. The van der Waals surface area contributed by atoms with Crippen LogP contribution in [0.3, 0.4) is 0 Å². The molecule has 1 aliphatic rings. The molecule has 6 nitrogen and oxygen atoms in total. The first-order chi connectivity index (χ1) is 11.4. The summed E-state index contributed by atoms with van der Waals surface area (Å²) in [6.45, 7) is 1.82. The molecule has 0 radical (unpaired) electrons. The fourth-order valence-electron chi connectivity index (χ4n) is 2.25. The number of thiol groups is 1. The molecule has 1 atom stereocenters. The van der Waals surface area contributed by atoms with E-state index in [1.807, 2.05) is 6.92 Å².